The zero-order valence-electron chi connectivity index (χ0n) is 10.8. The number of phenols is 1. The number of hydrogen-bond donors (Lipinski definition) is 3. The first-order valence-electron chi connectivity index (χ1n) is 6.09. The van der Waals surface area contributed by atoms with Crippen LogP contribution in [0.3, 0.4) is 0 Å². The Bertz CT molecular complexity index is 417. The summed E-state index contributed by atoms with van der Waals surface area (Å²) in [6, 6.07) is 5.87. The average molecular weight is 266 g/mol. The summed E-state index contributed by atoms with van der Waals surface area (Å²) in [6.07, 6.45) is 0.659. The van der Waals surface area contributed by atoms with Crippen LogP contribution in [0.2, 0.25) is 0 Å². The number of carbonyl (C=O) groups is 2. The normalized spacial score (nSPS) is 9.95. The van der Waals surface area contributed by atoms with Crippen molar-refractivity contribution < 1.29 is 19.4 Å². The van der Waals surface area contributed by atoms with Gasteiger partial charge in [0.25, 0.3) is 0 Å². The van der Waals surface area contributed by atoms with Crippen LogP contribution in [-0.2, 0) is 14.3 Å². The monoisotopic (exact) mass is 266 g/mol. The van der Waals surface area contributed by atoms with E-state index in [-0.39, 0.29) is 5.75 Å². The van der Waals surface area contributed by atoms with Crippen molar-refractivity contribution in [1.29, 1.82) is 0 Å². The van der Waals surface area contributed by atoms with Crippen LogP contribution >= 0.6 is 0 Å². The molecule has 104 valence electrons. The fraction of sp³-hybridized carbons (Fsp3) is 0.385. The summed E-state index contributed by atoms with van der Waals surface area (Å²) < 4.78 is 5.11. The highest BCUT2D eigenvalue weighted by molar-refractivity contribution is 6.39. The molecule has 3 N–H and O–H groups in total. The molecule has 0 aliphatic rings. The predicted molar refractivity (Wildman–Crippen MR) is 70.9 cm³/mol. The Morgan fingerprint density at radius 1 is 1.21 bits per heavy atom. The summed E-state index contributed by atoms with van der Waals surface area (Å²) in [6.45, 7) is 3.47. The van der Waals surface area contributed by atoms with E-state index in [2.05, 4.69) is 10.6 Å². The van der Waals surface area contributed by atoms with Crippen molar-refractivity contribution in [2.24, 2.45) is 0 Å². The van der Waals surface area contributed by atoms with Gasteiger partial charge in [0.1, 0.15) is 5.75 Å². The van der Waals surface area contributed by atoms with Crippen LogP contribution in [0, 0.1) is 0 Å². The Balaban J connectivity index is 2.28. The number of rotatable bonds is 6. The molecule has 0 saturated carbocycles. The molecule has 0 bridgehead atoms. The van der Waals surface area contributed by atoms with Crippen molar-refractivity contribution in [3.8, 4) is 5.75 Å². The molecular weight excluding hydrogens is 248 g/mol. The molecule has 19 heavy (non-hydrogen) atoms. The van der Waals surface area contributed by atoms with E-state index in [9.17, 15) is 9.59 Å². The molecule has 0 aliphatic carbocycles. The molecular formula is C13H18N2O4. The number of aromatic hydroxyl groups is 1. The van der Waals surface area contributed by atoms with Crippen LogP contribution in [0.5, 0.6) is 5.75 Å². The minimum atomic E-state index is -0.734. The number of amides is 2. The van der Waals surface area contributed by atoms with Gasteiger partial charge in [0.05, 0.1) is 0 Å². The standard InChI is InChI=1S/C13H18N2O4/c1-2-19-9-3-8-14-12(17)13(18)15-10-4-6-11(16)7-5-10/h4-7,16H,2-3,8-9H2,1H3,(H,14,17)(H,15,18). The summed E-state index contributed by atoms with van der Waals surface area (Å²) in [4.78, 5) is 22.9. The summed E-state index contributed by atoms with van der Waals surface area (Å²) >= 11 is 0. The molecule has 6 nitrogen and oxygen atoms in total. The van der Waals surface area contributed by atoms with Gasteiger partial charge in [-0.25, -0.2) is 0 Å². The van der Waals surface area contributed by atoms with E-state index in [0.717, 1.165) is 0 Å². The van der Waals surface area contributed by atoms with E-state index in [4.69, 9.17) is 9.84 Å². The minimum Gasteiger partial charge on any atom is -0.508 e. The molecule has 0 radical (unpaired) electrons. The van der Waals surface area contributed by atoms with Crippen molar-refractivity contribution in [1.82, 2.24) is 5.32 Å². The number of phenolic OH excluding ortho intramolecular Hbond substituents is 1. The molecule has 0 saturated heterocycles. The molecule has 1 aromatic rings. The zero-order valence-corrected chi connectivity index (χ0v) is 10.8. The van der Waals surface area contributed by atoms with Gasteiger partial charge < -0.3 is 20.5 Å². The minimum absolute atomic E-state index is 0.0957. The van der Waals surface area contributed by atoms with Crippen molar-refractivity contribution in [2.45, 2.75) is 13.3 Å². The highest BCUT2D eigenvalue weighted by Crippen LogP contribution is 2.13. The number of hydrogen-bond acceptors (Lipinski definition) is 4. The maximum Gasteiger partial charge on any atom is 0.313 e. The molecule has 0 heterocycles. The summed E-state index contributed by atoms with van der Waals surface area (Å²) in [5, 5.41) is 14.0. The molecule has 1 aromatic carbocycles. The topological polar surface area (TPSA) is 87.7 Å². The summed E-state index contributed by atoms with van der Waals surface area (Å²) in [5.74, 6) is -1.33. The fourth-order valence-electron chi connectivity index (χ4n) is 1.33. The van der Waals surface area contributed by atoms with Gasteiger partial charge in [0, 0.05) is 25.4 Å². The van der Waals surface area contributed by atoms with Crippen molar-refractivity contribution in [2.75, 3.05) is 25.1 Å². The first kappa shape index (κ1) is 15.0. The lowest BCUT2D eigenvalue weighted by Gasteiger charge is -2.06. The largest absolute Gasteiger partial charge is 0.508 e. The Kier molecular flexibility index (Phi) is 6.38. The maximum absolute atomic E-state index is 11.5. The molecule has 0 spiro atoms. The van der Waals surface area contributed by atoms with Gasteiger partial charge >= 0.3 is 11.8 Å². The van der Waals surface area contributed by atoms with Gasteiger partial charge in [0.15, 0.2) is 0 Å². The highest BCUT2D eigenvalue weighted by atomic mass is 16.5. The second kappa shape index (κ2) is 8.10. The van der Waals surface area contributed by atoms with Gasteiger partial charge in [-0.15, -0.1) is 0 Å². The van der Waals surface area contributed by atoms with Gasteiger partial charge in [-0.05, 0) is 37.6 Å². The Morgan fingerprint density at radius 3 is 2.53 bits per heavy atom. The lowest BCUT2D eigenvalue weighted by molar-refractivity contribution is -0.136. The average Bonchev–Trinajstić information content (AvgIpc) is 2.41. The van der Waals surface area contributed by atoms with Gasteiger partial charge in [-0.2, -0.15) is 0 Å². The van der Waals surface area contributed by atoms with Crippen LogP contribution in [0.25, 0.3) is 0 Å². The SMILES string of the molecule is CCOCCCNC(=O)C(=O)Nc1ccc(O)cc1. The fourth-order valence-corrected chi connectivity index (χ4v) is 1.33. The quantitative estimate of drug-likeness (QED) is 0.405. The predicted octanol–water partition coefficient (Wildman–Crippen LogP) is 0.873. The Hall–Kier alpha value is -2.08. The summed E-state index contributed by atoms with van der Waals surface area (Å²) in [5.41, 5.74) is 0.451. The number of nitrogens with one attached hydrogen (secondary N) is 2. The van der Waals surface area contributed by atoms with E-state index < -0.39 is 11.8 Å². The molecule has 1 rings (SSSR count). The first-order valence-corrected chi connectivity index (χ1v) is 6.09. The zero-order chi connectivity index (χ0) is 14.1. The third kappa shape index (κ3) is 5.87. The molecule has 2 amide bonds. The third-order valence-corrected chi connectivity index (χ3v) is 2.29. The molecule has 0 aromatic heterocycles. The van der Waals surface area contributed by atoms with Gasteiger partial charge in [-0.3, -0.25) is 9.59 Å². The molecule has 6 heteroatoms. The lowest BCUT2D eigenvalue weighted by atomic mass is 10.3. The number of carbonyl (C=O) groups excluding carboxylic acids is 2. The molecule has 0 aliphatic heterocycles. The van der Waals surface area contributed by atoms with E-state index >= 15 is 0 Å². The Labute approximate surface area is 111 Å². The van der Waals surface area contributed by atoms with Crippen LogP contribution in [-0.4, -0.2) is 36.7 Å². The van der Waals surface area contributed by atoms with Gasteiger partial charge in [0.2, 0.25) is 0 Å². The summed E-state index contributed by atoms with van der Waals surface area (Å²) in [7, 11) is 0. The second-order valence-corrected chi connectivity index (χ2v) is 3.81. The van der Waals surface area contributed by atoms with E-state index in [1.54, 1.807) is 0 Å². The Morgan fingerprint density at radius 2 is 1.89 bits per heavy atom. The highest BCUT2D eigenvalue weighted by Gasteiger charge is 2.12. The van der Waals surface area contributed by atoms with Crippen molar-refractivity contribution in [3.05, 3.63) is 24.3 Å². The lowest BCUT2D eigenvalue weighted by Crippen LogP contribution is -2.36. The van der Waals surface area contributed by atoms with E-state index in [1.165, 1.54) is 24.3 Å². The number of anilines is 1. The number of benzene rings is 1. The second-order valence-electron chi connectivity index (χ2n) is 3.81. The number of ether oxygens (including phenoxy) is 1. The van der Waals surface area contributed by atoms with Crippen LogP contribution in [0.15, 0.2) is 24.3 Å². The van der Waals surface area contributed by atoms with Gasteiger partial charge in [-0.1, -0.05) is 0 Å². The van der Waals surface area contributed by atoms with Crippen molar-refractivity contribution in [3.63, 3.8) is 0 Å². The third-order valence-electron chi connectivity index (χ3n) is 2.29. The smallest absolute Gasteiger partial charge is 0.313 e. The molecule has 0 unspecified atom stereocenters. The molecule has 0 atom stereocenters. The van der Waals surface area contributed by atoms with Crippen molar-refractivity contribution >= 4 is 17.5 Å². The van der Waals surface area contributed by atoms with Crippen LogP contribution < -0.4 is 10.6 Å². The molecule has 0 fully saturated rings. The maximum atomic E-state index is 11.5. The van der Waals surface area contributed by atoms with Crippen LogP contribution in [0.4, 0.5) is 5.69 Å². The van der Waals surface area contributed by atoms with Crippen LogP contribution in [0.1, 0.15) is 13.3 Å². The first-order chi connectivity index (χ1) is 9.13. The van der Waals surface area contributed by atoms with E-state index in [1.807, 2.05) is 6.92 Å². The van der Waals surface area contributed by atoms with E-state index in [0.29, 0.717) is 31.9 Å².